The molecule has 17 heavy (non-hydrogen) atoms. The number of fused-ring (bicyclic) bond motifs is 1. The molecule has 0 fully saturated rings. The van der Waals surface area contributed by atoms with Crippen molar-refractivity contribution in [3.05, 3.63) is 48.0 Å². The van der Waals surface area contributed by atoms with Crippen LogP contribution < -0.4 is 11.1 Å². The van der Waals surface area contributed by atoms with Crippen molar-refractivity contribution < 1.29 is 0 Å². The number of nitrogens with one attached hydrogen (secondary N) is 1. The van der Waals surface area contributed by atoms with E-state index < -0.39 is 0 Å². The normalized spacial score (nSPS) is 12.8. The van der Waals surface area contributed by atoms with Crippen molar-refractivity contribution in [1.82, 2.24) is 5.32 Å². The Hall–Kier alpha value is -1.38. The van der Waals surface area contributed by atoms with E-state index in [1.54, 1.807) is 0 Å². The highest BCUT2D eigenvalue weighted by molar-refractivity contribution is 5.85. The Labute approximate surface area is 103 Å². The SMILES string of the molecule is CC(N)CCNCc1cccc2ccccc12. The van der Waals surface area contributed by atoms with Gasteiger partial charge in [-0.2, -0.15) is 0 Å². The Morgan fingerprint density at radius 1 is 1.12 bits per heavy atom. The van der Waals surface area contributed by atoms with E-state index in [0.29, 0.717) is 0 Å². The second kappa shape index (κ2) is 5.80. The average Bonchev–Trinajstić information content (AvgIpc) is 2.34. The van der Waals surface area contributed by atoms with Gasteiger partial charge in [-0.25, -0.2) is 0 Å². The van der Waals surface area contributed by atoms with Gasteiger partial charge in [0.25, 0.3) is 0 Å². The minimum atomic E-state index is 0.273. The van der Waals surface area contributed by atoms with Gasteiger partial charge in [-0.3, -0.25) is 0 Å². The summed E-state index contributed by atoms with van der Waals surface area (Å²) >= 11 is 0. The number of hydrogen-bond acceptors (Lipinski definition) is 2. The fourth-order valence-corrected chi connectivity index (χ4v) is 2.00. The summed E-state index contributed by atoms with van der Waals surface area (Å²) in [5.41, 5.74) is 7.08. The van der Waals surface area contributed by atoms with Crippen LogP contribution in [-0.2, 0) is 6.54 Å². The molecule has 0 bridgehead atoms. The number of hydrogen-bond donors (Lipinski definition) is 2. The van der Waals surface area contributed by atoms with Crippen molar-refractivity contribution in [2.45, 2.75) is 25.9 Å². The van der Waals surface area contributed by atoms with Crippen LogP contribution in [0.4, 0.5) is 0 Å². The summed E-state index contributed by atoms with van der Waals surface area (Å²) in [5.74, 6) is 0. The maximum Gasteiger partial charge on any atom is 0.0211 e. The maximum atomic E-state index is 5.72. The lowest BCUT2D eigenvalue weighted by Crippen LogP contribution is -2.23. The molecule has 0 aliphatic heterocycles. The Morgan fingerprint density at radius 3 is 2.71 bits per heavy atom. The Balaban J connectivity index is 2.03. The van der Waals surface area contributed by atoms with E-state index in [1.807, 2.05) is 6.92 Å². The molecule has 2 aromatic carbocycles. The molecule has 2 heteroatoms. The molecule has 0 saturated heterocycles. The molecular weight excluding hydrogens is 208 g/mol. The molecule has 90 valence electrons. The van der Waals surface area contributed by atoms with Gasteiger partial charge in [-0.05, 0) is 36.2 Å². The van der Waals surface area contributed by atoms with Gasteiger partial charge in [-0.15, -0.1) is 0 Å². The molecular formula is C15H20N2. The molecule has 0 amide bonds. The maximum absolute atomic E-state index is 5.72. The first kappa shape index (κ1) is 12.1. The van der Waals surface area contributed by atoms with E-state index in [2.05, 4.69) is 47.8 Å². The van der Waals surface area contributed by atoms with Gasteiger partial charge in [0.2, 0.25) is 0 Å². The lowest BCUT2D eigenvalue weighted by atomic mass is 10.0. The Bertz CT molecular complexity index is 472. The topological polar surface area (TPSA) is 38.0 Å². The number of nitrogens with two attached hydrogens (primary N) is 1. The summed E-state index contributed by atoms with van der Waals surface area (Å²) in [6.45, 7) is 3.93. The third kappa shape index (κ3) is 3.29. The summed E-state index contributed by atoms with van der Waals surface area (Å²) < 4.78 is 0. The number of rotatable bonds is 5. The van der Waals surface area contributed by atoms with Gasteiger partial charge in [0.15, 0.2) is 0 Å². The van der Waals surface area contributed by atoms with E-state index in [9.17, 15) is 0 Å². The van der Waals surface area contributed by atoms with Crippen molar-refractivity contribution in [1.29, 1.82) is 0 Å². The van der Waals surface area contributed by atoms with Crippen LogP contribution in [0, 0.1) is 0 Å². The Kier molecular flexibility index (Phi) is 4.13. The standard InChI is InChI=1S/C15H20N2/c1-12(16)9-10-17-11-14-7-4-6-13-5-2-3-8-15(13)14/h2-8,12,17H,9-11,16H2,1H3. The number of benzene rings is 2. The summed E-state index contributed by atoms with van der Waals surface area (Å²) in [4.78, 5) is 0. The van der Waals surface area contributed by atoms with Crippen molar-refractivity contribution in [3.63, 3.8) is 0 Å². The van der Waals surface area contributed by atoms with Crippen LogP contribution in [0.5, 0.6) is 0 Å². The van der Waals surface area contributed by atoms with Crippen LogP contribution >= 0.6 is 0 Å². The Morgan fingerprint density at radius 2 is 1.88 bits per heavy atom. The van der Waals surface area contributed by atoms with E-state index in [0.717, 1.165) is 19.5 Å². The van der Waals surface area contributed by atoms with Crippen molar-refractivity contribution >= 4 is 10.8 Å². The van der Waals surface area contributed by atoms with Gasteiger partial charge in [0.1, 0.15) is 0 Å². The van der Waals surface area contributed by atoms with Crippen LogP contribution in [0.15, 0.2) is 42.5 Å². The quantitative estimate of drug-likeness (QED) is 0.772. The second-order valence-electron chi connectivity index (χ2n) is 4.58. The summed E-state index contributed by atoms with van der Waals surface area (Å²) in [6, 6.07) is 15.2. The van der Waals surface area contributed by atoms with Gasteiger partial charge in [-0.1, -0.05) is 42.5 Å². The molecule has 0 saturated carbocycles. The van der Waals surface area contributed by atoms with Crippen LogP contribution in [0.25, 0.3) is 10.8 Å². The summed E-state index contributed by atoms with van der Waals surface area (Å²) in [5, 5.41) is 6.09. The lowest BCUT2D eigenvalue weighted by Gasteiger charge is -2.09. The molecule has 3 N–H and O–H groups in total. The van der Waals surface area contributed by atoms with Gasteiger partial charge in [0.05, 0.1) is 0 Å². The largest absolute Gasteiger partial charge is 0.328 e. The first-order valence-corrected chi connectivity index (χ1v) is 6.20. The van der Waals surface area contributed by atoms with Crippen LogP contribution in [-0.4, -0.2) is 12.6 Å². The van der Waals surface area contributed by atoms with Crippen molar-refractivity contribution in [2.24, 2.45) is 5.73 Å². The molecule has 0 heterocycles. The van der Waals surface area contributed by atoms with E-state index in [4.69, 9.17) is 5.73 Å². The minimum Gasteiger partial charge on any atom is -0.328 e. The molecule has 0 aliphatic rings. The van der Waals surface area contributed by atoms with Crippen LogP contribution in [0.3, 0.4) is 0 Å². The fourth-order valence-electron chi connectivity index (χ4n) is 2.00. The minimum absolute atomic E-state index is 0.273. The molecule has 0 spiro atoms. The van der Waals surface area contributed by atoms with Gasteiger partial charge < -0.3 is 11.1 Å². The molecule has 0 aromatic heterocycles. The van der Waals surface area contributed by atoms with E-state index in [-0.39, 0.29) is 6.04 Å². The summed E-state index contributed by atoms with van der Waals surface area (Å²) in [7, 11) is 0. The third-order valence-electron chi connectivity index (χ3n) is 2.97. The highest BCUT2D eigenvalue weighted by Gasteiger charge is 1.99. The first-order chi connectivity index (χ1) is 8.27. The van der Waals surface area contributed by atoms with E-state index in [1.165, 1.54) is 16.3 Å². The van der Waals surface area contributed by atoms with Crippen molar-refractivity contribution in [2.75, 3.05) is 6.54 Å². The van der Waals surface area contributed by atoms with Crippen molar-refractivity contribution in [3.8, 4) is 0 Å². The zero-order valence-corrected chi connectivity index (χ0v) is 10.3. The van der Waals surface area contributed by atoms with Crippen LogP contribution in [0.2, 0.25) is 0 Å². The zero-order valence-electron chi connectivity index (χ0n) is 10.3. The molecule has 0 radical (unpaired) electrons. The van der Waals surface area contributed by atoms with Crippen LogP contribution in [0.1, 0.15) is 18.9 Å². The second-order valence-corrected chi connectivity index (χ2v) is 4.58. The average molecular weight is 228 g/mol. The highest BCUT2D eigenvalue weighted by atomic mass is 14.9. The molecule has 2 aromatic rings. The molecule has 0 aliphatic carbocycles. The summed E-state index contributed by atoms with van der Waals surface area (Å²) in [6.07, 6.45) is 1.02. The smallest absolute Gasteiger partial charge is 0.0211 e. The van der Waals surface area contributed by atoms with Gasteiger partial charge >= 0.3 is 0 Å². The monoisotopic (exact) mass is 228 g/mol. The third-order valence-corrected chi connectivity index (χ3v) is 2.97. The predicted octanol–water partition coefficient (Wildman–Crippen LogP) is 2.67. The highest BCUT2D eigenvalue weighted by Crippen LogP contribution is 2.18. The fraction of sp³-hybridized carbons (Fsp3) is 0.333. The predicted molar refractivity (Wildman–Crippen MR) is 73.9 cm³/mol. The molecule has 1 unspecified atom stereocenters. The molecule has 1 atom stereocenters. The molecule has 2 nitrogen and oxygen atoms in total. The lowest BCUT2D eigenvalue weighted by molar-refractivity contribution is 0.590. The zero-order chi connectivity index (χ0) is 12.1. The van der Waals surface area contributed by atoms with E-state index >= 15 is 0 Å². The molecule has 2 rings (SSSR count). The first-order valence-electron chi connectivity index (χ1n) is 6.20. The van der Waals surface area contributed by atoms with Gasteiger partial charge in [0, 0.05) is 12.6 Å².